The average Bonchev–Trinajstić information content (AvgIpc) is 2.93. The van der Waals surface area contributed by atoms with Gasteiger partial charge in [0.2, 0.25) is 5.91 Å². The first-order chi connectivity index (χ1) is 13.5. The van der Waals surface area contributed by atoms with Crippen LogP contribution in [0.4, 0.5) is 10.5 Å². The molecule has 1 heterocycles. The van der Waals surface area contributed by atoms with Crippen molar-refractivity contribution < 1.29 is 23.9 Å². The van der Waals surface area contributed by atoms with Gasteiger partial charge in [-0.25, -0.2) is 14.6 Å². The van der Waals surface area contributed by atoms with Gasteiger partial charge in [0, 0.05) is 12.6 Å². The first-order valence-corrected chi connectivity index (χ1v) is 9.61. The summed E-state index contributed by atoms with van der Waals surface area (Å²) in [4.78, 5) is 53.5. The van der Waals surface area contributed by atoms with Gasteiger partial charge < -0.3 is 9.64 Å². The number of urea groups is 1. The molecule has 1 aromatic carbocycles. The van der Waals surface area contributed by atoms with Crippen molar-refractivity contribution in [3.8, 4) is 5.75 Å². The number of anilines is 1. The van der Waals surface area contributed by atoms with Gasteiger partial charge in [-0.05, 0) is 44.0 Å². The Balaban J connectivity index is 1.74. The number of carbonyl (C=O) groups is 4. The number of hydrogen-bond donors (Lipinski definition) is 0. The van der Waals surface area contributed by atoms with Gasteiger partial charge in [0.1, 0.15) is 12.3 Å². The number of carbonyl (C=O) groups excluding carboxylic acids is 4. The minimum atomic E-state index is -0.978. The summed E-state index contributed by atoms with van der Waals surface area (Å²) in [5.41, 5.74) is 0.263. The lowest BCUT2D eigenvalue weighted by Gasteiger charge is -2.34. The number of rotatable bonds is 6. The van der Waals surface area contributed by atoms with Gasteiger partial charge in [-0.15, -0.1) is 0 Å². The van der Waals surface area contributed by atoms with Crippen LogP contribution in [-0.4, -0.2) is 59.8 Å². The van der Waals surface area contributed by atoms with E-state index >= 15 is 0 Å². The fourth-order valence-corrected chi connectivity index (χ4v) is 3.86. The molecule has 0 unspecified atom stereocenters. The molecule has 3 rings (SSSR count). The van der Waals surface area contributed by atoms with Crippen molar-refractivity contribution in [2.24, 2.45) is 0 Å². The molecule has 0 atom stereocenters. The monoisotopic (exact) mass is 387 g/mol. The van der Waals surface area contributed by atoms with Crippen LogP contribution >= 0.6 is 0 Å². The number of ether oxygens (including phenoxy) is 1. The Hall–Kier alpha value is -2.90. The minimum absolute atomic E-state index is 0.132. The lowest BCUT2D eigenvalue weighted by molar-refractivity contribution is -0.143. The van der Waals surface area contributed by atoms with Crippen LogP contribution in [0, 0.1) is 0 Å². The summed E-state index contributed by atoms with van der Waals surface area (Å²) >= 11 is 0. The smallest absolute Gasteiger partial charge is 0.339 e. The third-order valence-corrected chi connectivity index (χ3v) is 5.35. The van der Waals surface area contributed by atoms with Crippen molar-refractivity contribution in [2.75, 3.05) is 25.1 Å². The molecule has 1 saturated heterocycles. The van der Waals surface area contributed by atoms with Crippen LogP contribution in [0.1, 0.15) is 39.0 Å². The third kappa shape index (κ3) is 3.72. The second-order valence-corrected chi connectivity index (χ2v) is 6.98. The Morgan fingerprint density at radius 2 is 1.71 bits per heavy atom. The van der Waals surface area contributed by atoms with E-state index in [9.17, 15) is 19.2 Å². The number of nitrogens with zero attached hydrogens (tertiary/aromatic N) is 3. The van der Waals surface area contributed by atoms with Crippen LogP contribution in [-0.2, 0) is 14.4 Å². The normalized spacial score (nSPS) is 18.0. The molecule has 2 fully saturated rings. The topological polar surface area (TPSA) is 87.2 Å². The lowest BCUT2D eigenvalue weighted by Crippen LogP contribution is -2.48. The highest BCUT2D eigenvalue weighted by atomic mass is 16.5. The molecular formula is C20H25N3O5. The zero-order valence-electron chi connectivity index (χ0n) is 16.2. The fraction of sp³-hybridized carbons (Fsp3) is 0.500. The van der Waals surface area contributed by atoms with E-state index in [1.54, 1.807) is 17.0 Å². The molecule has 2 aliphatic rings. The second-order valence-electron chi connectivity index (χ2n) is 6.98. The number of benzene rings is 1. The van der Waals surface area contributed by atoms with Crippen molar-refractivity contribution in [1.29, 1.82) is 0 Å². The summed E-state index contributed by atoms with van der Waals surface area (Å²) in [5, 5.41) is 0. The Morgan fingerprint density at radius 3 is 2.29 bits per heavy atom. The van der Waals surface area contributed by atoms with Crippen LogP contribution in [0.15, 0.2) is 24.3 Å². The van der Waals surface area contributed by atoms with Gasteiger partial charge in [-0.2, -0.15) is 0 Å². The summed E-state index contributed by atoms with van der Waals surface area (Å²) in [6.45, 7) is 1.98. The van der Waals surface area contributed by atoms with E-state index in [0.29, 0.717) is 12.3 Å². The SMILES string of the molecule is CCN(C(=O)CN1C(=O)C(=O)N(c2ccc(OC)cc2)C1=O)C1CCCCC1. The minimum Gasteiger partial charge on any atom is -0.497 e. The summed E-state index contributed by atoms with van der Waals surface area (Å²) < 4.78 is 5.06. The van der Waals surface area contributed by atoms with E-state index in [2.05, 4.69) is 0 Å². The van der Waals surface area contributed by atoms with E-state index in [1.165, 1.54) is 19.2 Å². The molecule has 8 nitrogen and oxygen atoms in total. The van der Waals surface area contributed by atoms with Crippen molar-refractivity contribution in [3.63, 3.8) is 0 Å². The molecule has 0 radical (unpaired) electrons. The first-order valence-electron chi connectivity index (χ1n) is 9.61. The van der Waals surface area contributed by atoms with Crippen LogP contribution in [0.3, 0.4) is 0 Å². The highest BCUT2D eigenvalue weighted by Gasteiger charge is 2.46. The van der Waals surface area contributed by atoms with E-state index < -0.39 is 24.4 Å². The maximum atomic E-state index is 12.8. The molecule has 0 spiro atoms. The van der Waals surface area contributed by atoms with Crippen molar-refractivity contribution in [2.45, 2.75) is 45.1 Å². The quantitative estimate of drug-likeness (QED) is 0.551. The number of amides is 5. The summed E-state index contributed by atoms with van der Waals surface area (Å²) in [6.07, 6.45) is 5.16. The third-order valence-electron chi connectivity index (χ3n) is 5.35. The number of methoxy groups -OCH3 is 1. The maximum absolute atomic E-state index is 12.8. The lowest BCUT2D eigenvalue weighted by atomic mass is 9.94. The van der Waals surface area contributed by atoms with E-state index in [-0.39, 0.29) is 17.6 Å². The molecule has 28 heavy (non-hydrogen) atoms. The molecule has 1 aliphatic carbocycles. The number of likely N-dealkylation sites (N-methyl/N-ethyl adjacent to an activating group) is 1. The van der Waals surface area contributed by atoms with E-state index in [4.69, 9.17) is 4.74 Å². The van der Waals surface area contributed by atoms with Gasteiger partial charge in [0.25, 0.3) is 0 Å². The summed E-state index contributed by atoms with van der Waals surface area (Å²) in [6, 6.07) is 5.56. The Labute approximate surface area is 164 Å². The van der Waals surface area contributed by atoms with Crippen LogP contribution < -0.4 is 9.64 Å². The molecule has 0 aromatic heterocycles. The maximum Gasteiger partial charge on any atom is 0.339 e. The highest BCUT2D eigenvalue weighted by molar-refractivity contribution is 6.53. The largest absolute Gasteiger partial charge is 0.497 e. The zero-order valence-corrected chi connectivity index (χ0v) is 16.2. The van der Waals surface area contributed by atoms with Crippen LogP contribution in [0.5, 0.6) is 5.75 Å². The van der Waals surface area contributed by atoms with Crippen LogP contribution in [0.25, 0.3) is 0 Å². The van der Waals surface area contributed by atoms with Gasteiger partial charge in [0.15, 0.2) is 0 Å². The number of hydrogen-bond acceptors (Lipinski definition) is 5. The molecule has 5 amide bonds. The van der Waals surface area contributed by atoms with Gasteiger partial charge in [0.05, 0.1) is 12.8 Å². The number of imide groups is 2. The zero-order chi connectivity index (χ0) is 20.3. The molecule has 0 N–H and O–H groups in total. The van der Waals surface area contributed by atoms with Gasteiger partial charge >= 0.3 is 17.8 Å². The molecule has 150 valence electrons. The van der Waals surface area contributed by atoms with Crippen LogP contribution in [0.2, 0.25) is 0 Å². The molecule has 1 saturated carbocycles. The predicted octanol–water partition coefficient (Wildman–Crippen LogP) is 2.17. The molecular weight excluding hydrogens is 362 g/mol. The fourth-order valence-electron chi connectivity index (χ4n) is 3.86. The van der Waals surface area contributed by atoms with Crippen molar-refractivity contribution in [3.05, 3.63) is 24.3 Å². The van der Waals surface area contributed by atoms with Crippen molar-refractivity contribution in [1.82, 2.24) is 9.80 Å². The molecule has 1 aromatic rings. The van der Waals surface area contributed by atoms with Gasteiger partial charge in [-0.3, -0.25) is 14.4 Å². The standard InChI is InChI=1S/C20H25N3O5/c1-3-21(14-7-5-4-6-8-14)17(24)13-22-18(25)19(26)23(20(22)27)15-9-11-16(28-2)12-10-15/h9-12,14H,3-8,13H2,1-2H3. The Bertz CT molecular complexity index is 771. The van der Waals surface area contributed by atoms with E-state index in [0.717, 1.165) is 41.9 Å². The summed E-state index contributed by atoms with van der Waals surface area (Å²) in [5.74, 6) is -1.68. The molecule has 8 heteroatoms. The van der Waals surface area contributed by atoms with E-state index in [1.807, 2.05) is 6.92 Å². The molecule has 1 aliphatic heterocycles. The predicted molar refractivity (Wildman–Crippen MR) is 102 cm³/mol. The van der Waals surface area contributed by atoms with Crippen molar-refractivity contribution >= 4 is 29.4 Å². The summed E-state index contributed by atoms with van der Waals surface area (Å²) in [7, 11) is 1.50. The molecule has 0 bridgehead atoms. The Kier molecular flexibility index (Phi) is 5.96. The first kappa shape index (κ1) is 19.9. The highest BCUT2D eigenvalue weighted by Crippen LogP contribution is 2.26. The van der Waals surface area contributed by atoms with Gasteiger partial charge in [-0.1, -0.05) is 19.3 Å². The average molecular weight is 387 g/mol. The Morgan fingerprint density at radius 1 is 1.07 bits per heavy atom. The second kappa shape index (κ2) is 8.41.